The molecule has 0 aromatic heterocycles. The summed E-state index contributed by atoms with van der Waals surface area (Å²) in [5.41, 5.74) is -0.482. The maximum absolute atomic E-state index is 11.6. The maximum atomic E-state index is 11.6. The summed E-state index contributed by atoms with van der Waals surface area (Å²) in [6.07, 6.45) is 2.58. The van der Waals surface area contributed by atoms with Gasteiger partial charge in [-0.05, 0) is 32.7 Å². The SMILES string of the molecule is CCOCCC1(C(=O)OC)CCCN1. The molecule has 1 N–H and O–H groups in total. The molecule has 0 amide bonds. The van der Waals surface area contributed by atoms with Gasteiger partial charge in [0.25, 0.3) is 0 Å². The van der Waals surface area contributed by atoms with Crippen LogP contribution in [0.25, 0.3) is 0 Å². The zero-order chi connectivity index (χ0) is 10.4. The van der Waals surface area contributed by atoms with E-state index in [2.05, 4.69) is 5.32 Å². The molecule has 0 saturated carbocycles. The molecular formula is C10H19NO3. The van der Waals surface area contributed by atoms with E-state index in [0.717, 1.165) is 19.4 Å². The minimum atomic E-state index is -0.482. The summed E-state index contributed by atoms with van der Waals surface area (Å²) in [4.78, 5) is 11.6. The summed E-state index contributed by atoms with van der Waals surface area (Å²) in [7, 11) is 1.44. The normalized spacial score (nSPS) is 26.4. The van der Waals surface area contributed by atoms with Crippen LogP contribution in [0.2, 0.25) is 0 Å². The van der Waals surface area contributed by atoms with E-state index in [4.69, 9.17) is 9.47 Å². The molecule has 0 radical (unpaired) electrons. The summed E-state index contributed by atoms with van der Waals surface area (Å²) < 4.78 is 10.1. The number of methoxy groups -OCH3 is 1. The molecule has 0 spiro atoms. The molecule has 0 bridgehead atoms. The van der Waals surface area contributed by atoms with Crippen molar-refractivity contribution in [1.29, 1.82) is 0 Å². The zero-order valence-electron chi connectivity index (χ0n) is 8.97. The van der Waals surface area contributed by atoms with E-state index in [0.29, 0.717) is 19.6 Å². The first kappa shape index (κ1) is 11.5. The highest BCUT2D eigenvalue weighted by atomic mass is 16.5. The molecule has 82 valence electrons. The first-order valence-corrected chi connectivity index (χ1v) is 5.16. The van der Waals surface area contributed by atoms with Gasteiger partial charge in [0.2, 0.25) is 0 Å². The fourth-order valence-corrected chi connectivity index (χ4v) is 1.88. The molecular weight excluding hydrogens is 182 g/mol. The van der Waals surface area contributed by atoms with Gasteiger partial charge in [0.1, 0.15) is 5.54 Å². The molecule has 1 rings (SSSR count). The minimum absolute atomic E-state index is 0.158. The molecule has 1 aliphatic heterocycles. The van der Waals surface area contributed by atoms with E-state index in [1.165, 1.54) is 7.11 Å². The number of esters is 1. The van der Waals surface area contributed by atoms with Gasteiger partial charge in [0, 0.05) is 13.2 Å². The van der Waals surface area contributed by atoms with E-state index in [1.54, 1.807) is 0 Å². The predicted octanol–water partition coefficient (Wildman–Crippen LogP) is 0.708. The van der Waals surface area contributed by atoms with Gasteiger partial charge >= 0.3 is 5.97 Å². The van der Waals surface area contributed by atoms with Gasteiger partial charge in [-0.3, -0.25) is 4.79 Å². The number of ether oxygens (including phenoxy) is 2. The lowest BCUT2D eigenvalue weighted by molar-refractivity contribution is -0.148. The highest BCUT2D eigenvalue weighted by Crippen LogP contribution is 2.24. The Morgan fingerprint density at radius 1 is 1.57 bits per heavy atom. The number of nitrogens with one attached hydrogen (secondary N) is 1. The van der Waals surface area contributed by atoms with Crippen molar-refractivity contribution in [2.45, 2.75) is 31.7 Å². The Labute approximate surface area is 85.0 Å². The second kappa shape index (κ2) is 5.32. The summed E-state index contributed by atoms with van der Waals surface area (Å²) in [6.45, 7) is 4.14. The number of rotatable bonds is 5. The van der Waals surface area contributed by atoms with Crippen molar-refractivity contribution in [3.05, 3.63) is 0 Å². The lowest BCUT2D eigenvalue weighted by Crippen LogP contribution is -2.49. The number of carbonyl (C=O) groups excluding carboxylic acids is 1. The van der Waals surface area contributed by atoms with Gasteiger partial charge in [0.05, 0.1) is 7.11 Å². The fraction of sp³-hybridized carbons (Fsp3) is 0.900. The third kappa shape index (κ3) is 2.45. The number of carbonyl (C=O) groups is 1. The molecule has 0 aliphatic carbocycles. The van der Waals surface area contributed by atoms with E-state index in [-0.39, 0.29) is 5.97 Å². The molecule has 4 nitrogen and oxygen atoms in total. The molecule has 14 heavy (non-hydrogen) atoms. The van der Waals surface area contributed by atoms with Gasteiger partial charge in [-0.2, -0.15) is 0 Å². The van der Waals surface area contributed by atoms with E-state index >= 15 is 0 Å². The predicted molar refractivity (Wildman–Crippen MR) is 53.1 cm³/mol. The lowest BCUT2D eigenvalue weighted by atomic mass is 9.94. The van der Waals surface area contributed by atoms with Crippen molar-refractivity contribution < 1.29 is 14.3 Å². The van der Waals surface area contributed by atoms with Crippen LogP contribution in [-0.2, 0) is 14.3 Å². The van der Waals surface area contributed by atoms with Crippen LogP contribution in [-0.4, -0.2) is 38.4 Å². The summed E-state index contributed by atoms with van der Waals surface area (Å²) in [6, 6.07) is 0. The van der Waals surface area contributed by atoms with Crippen molar-refractivity contribution >= 4 is 5.97 Å². The van der Waals surface area contributed by atoms with Crippen LogP contribution in [0.1, 0.15) is 26.2 Å². The molecule has 1 atom stereocenters. The molecule has 1 heterocycles. The smallest absolute Gasteiger partial charge is 0.326 e. The third-order valence-electron chi connectivity index (χ3n) is 2.70. The van der Waals surface area contributed by atoms with Gasteiger partial charge < -0.3 is 14.8 Å². The minimum Gasteiger partial charge on any atom is -0.468 e. The Bertz CT molecular complexity index is 188. The summed E-state index contributed by atoms with van der Waals surface area (Å²) in [5.74, 6) is -0.158. The van der Waals surface area contributed by atoms with Crippen LogP contribution in [0.5, 0.6) is 0 Å². The van der Waals surface area contributed by atoms with E-state index < -0.39 is 5.54 Å². The van der Waals surface area contributed by atoms with E-state index in [9.17, 15) is 4.79 Å². The van der Waals surface area contributed by atoms with Crippen LogP contribution in [0.4, 0.5) is 0 Å². The van der Waals surface area contributed by atoms with Gasteiger partial charge in [-0.25, -0.2) is 0 Å². The van der Waals surface area contributed by atoms with Crippen molar-refractivity contribution in [2.75, 3.05) is 26.9 Å². The van der Waals surface area contributed by atoms with E-state index in [1.807, 2.05) is 6.92 Å². The van der Waals surface area contributed by atoms with Gasteiger partial charge in [-0.15, -0.1) is 0 Å². The number of hydrogen-bond donors (Lipinski definition) is 1. The Morgan fingerprint density at radius 2 is 2.36 bits per heavy atom. The number of hydrogen-bond acceptors (Lipinski definition) is 4. The summed E-state index contributed by atoms with van der Waals surface area (Å²) >= 11 is 0. The van der Waals surface area contributed by atoms with Crippen LogP contribution < -0.4 is 5.32 Å². The quantitative estimate of drug-likeness (QED) is 0.525. The van der Waals surface area contributed by atoms with Crippen LogP contribution in [0.15, 0.2) is 0 Å². The molecule has 1 fully saturated rings. The lowest BCUT2D eigenvalue weighted by Gasteiger charge is -2.25. The summed E-state index contributed by atoms with van der Waals surface area (Å²) in [5, 5.41) is 3.23. The largest absolute Gasteiger partial charge is 0.468 e. The molecule has 1 unspecified atom stereocenters. The average Bonchev–Trinajstić information content (AvgIpc) is 2.67. The van der Waals surface area contributed by atoms with Gasteiger partial charge in [0.15, 0.2) is 0 Å². The standard InChI is InChI=1S/C10H19NO3/c1-3-14-8-6-10(9(12)13-2)5-4-7-11-10/h11H,3-8H2,1-2H3. The van der Waals surface area contributed by atoms with Crippen LogP contribution >= 0.6 is 0 Å². The first-order valence-electron chi connectivity index (χ1n) is 5.16. The first-order chi connectivity index (χ1) is 6.75. The van der Waals surface area contributed by atoms with Crippen LogP contribution in [0, 0.1) is 0 Å². The van der Waals surface area contributed by atoms with Crippen molar-refractivity contribution in [3.63, 3.8) is 0 Å². The van der Waals surface area contributed by atoms with Crippen molar-refractivity contribution in [2.24, 2.45) is 0 Å². The second-order valence-corrected chi connectivity index (χ2v) is 3.55. The molecule has 0 aromatic rings. The second-order valence-electron chi connectivity index (χ2n) is 3.55. The Hall–Kier alpha value is -0.610. The van der Waals surface area contributed by atoms with Crippen LogP contribution in [0.3, 0.4) is 0 Å². The third-order valence-corrected chi connectivity index (χ3v) is 2.70. The zero-order valence-corrected chi connectivity index (χ0v) is 8.97. The van der Waals surface area contributed by atoms with Gasteiger partial charge in [-0.1, -0.05) is 0 Å². The average molecular weight is 201 g/mol. The Morgan fingerprint density at radius 3 is 2.86 bits per heavy atom. The highest BCUT2D eigenvalue weighted by molar-refractivity contribution is 5.81. The van der Waals surface area contributed by atoms with Crippen molar-refractivity contribution in [1.82, 2.24) is 5.32 Å². The maximum Gasteiger partial charge on any atom is 0.326 e. The fourth-order valence-electron chi connectivity index (χ4n) is 1.88. The molecule has 0 aromatic carbocycles. The Kier molecular flexibility index (Phi) is 4.35. The molecule has 4 heteroatoms. The molecule has 1 saturated heterocycles. The Balaban J connectivity index is 2.49. The molecule has 1 aliphatic rings. The highest BCUT2D eigenvalue weighted by Gasteiger charge is 2.41. The topological polar surface area (TPSA) is 47.6 Å². The monoisotopic (exact) mass is 201 g/mol. The van der Waals surface area contributed by atoms with Crippen molar-refractivity contribution in [3.8, 4) is 0 Å².